The van der Waals surface area contributed by atoms with Crippen LogP contribution in [-0.4, -0.2) is 13.1 Å². The molecule has 76 valence electrons. The Balaban J connectivity index is 2.99. The first-order valence-electron chi connectivity index (χ1n) is 4.41. The Morgan fingerprint density at radius 3 is 2.64 bits per heavy atom. The lowest BCUT2D eigenvalue weighted by Gasteiger charge is -2.16. The Bertz CT molecular complexity index is 336. The van der Waals surface area contributed by atoms with E-state index in [0.717, 1.165) is 11.3 Å². The lowest BCUT2D eigenvalue weighted by Crippen LogP contribution is -2.31. The van der Waals surface area contributed by atoms with Crippen LogP contribution < -0.4 is 16.4 Å². The standard InChI is InChI=1S/C10H15N3O/c1-7(11)8-4-3-5-9(6-8)13(2)10(12)14/h3-7H,11H2,1-2H3,(H2,12,14). The van der Waals surface area contributed by atoms with E-state index in [1.807, 2.05) is 31.2 Å². The minimum absolute atomic E-state index is 0.0452. The van der Waals surface area contributed by atoms with Gasteiger partial charge in [-0.2, -0.15) is 0 Å². The minimum Gasteiger partial charge on any atom is -0.351 e. The zero-order valence-corrected chi connectivity index (χ0v) is 8.40. The first kappa shape index (κ1) is 10.5. The summed E-state index contributed by atoms with van der Waals surface area (Å²) in [4.78, 5) is 12.3. The molecule has 0 heterocycles. The number of carbonyl (C=O) groups is 1. The van der Waals surface area contributed by atoms with Crippen LogP contribution in [0.3, 0.4) is 0 Å². The van der Waals surface area contributed by atoms with Gasteiger partial charge in [-0.25, -0.2) is 4.79 Å². The van der Waals surface area contributed by atoms with Crippen LogP contribution >= 0.6 is 0 Å². The molecule has 0 saturated carbocycles. The molecule has 1 atom stereocenters. The number of benzene rings is 1. The topological polar surface area (TPSA) is 72.3 Å². The van der Waals surface area contributed by atoms with Crippen LogP contribution in [0.25, 0.3) is 0 Å². The highest BCUT2D eigenvalue weighted by Gasteiger charge is 2.07. The monoisotopic (exact) mass is 193 g/mol. The van der Waals surface area contributed by atoms with Crippen LogP contribution in [0.4, 0.5) is 10.5 Å². The van der Waals surface area contributed by atoms with E-state index in [0.29, 0.717) is 0 Å². The van der Waals surface area contributed by atoms with Gasteiger partial charge in [-0.05, 0) is 24.6 Å². The second-order valence-corrected chi connectivity index (χ2v) is 3.28. The van der Waals surface area contributed by atoms with Crippen LogP contribution in [0.1, 0.15) is 18.5 Å². The molecular weight excluding hydrogens is 178 g/mol. The number of carbonyl (C=O) groups excluding carboxylic acids is 1. The summed E-state index contributed by atoms with van der Waals surface area (Å²) < 4.78 is 0. The van der Waals surface area contributed by atoms with Gasteiger partial charge in [0.1, 0.15) is 0 Å². The molecule has 4 heteroatoms. The van der Waals surface area contributed by atoms with E-state index in [1.165, 1.54) is 4.90 Å². The second-order valence-electron chi connectivity index (χ2n) is 3.28. The summed E-state index contributed by atoms with van der Waals surface area (Å²) in [6.07, 6.45) is 0. The second kappa shape index (κ2) is 4.11. The Morgan fingerprint density at radius 2 is 2.14 bits per heavy atom. The molecule has 1 aromatic rings. The summed E-state index contributed by atoms with van der Waals surface area (Å²) in [5.41, 5.74) is 12.6. The van der Waals surface area contributed by atoms with Gasteiger partial charge in [0.2, 0.25) is 0 Å². The third kappa shape index (κ3) is 2.23. The van der Waals surface area contributed by atoms with E-state index < -0.39 is 6.03 Å². The highest BCUT2D eigenvalue weighted by Crippen LogP contribution is 2.18. The van der Waals surface area contributed by atoms with Crippen molar-refractivity contribution >= 4 is 11.7 Å². The number of nitrogens with two attached hydrogens (primary N) is 2. The molecule has 14 heavy (non-hydrogen) atoms. The first-order chi connectivity index (χ1) is 6.52. The number of urea groups is 1. The van der Waals surface area contributed by atoms with Gasteiger partial charge in [0, 0.05) is 18.8 Å². The summed E-state index contributed by atoms with van der Waals surface area (Å²) in [5.74, 6) is 0. The highest BCUT2D eigenvalue weighted by atomic mass is 16.2. The smallest absolute Gasteiger partial charge is 0.318 e. The molecule has 1 aromatic carbocycles. The zero-order chi connectivity index (χ0) is 10.7. The molecule has 0 aliphatic carbocycles. The predicted molar refractivity (Wildman–Crippen MR) is 57.0 cm³/mol. The van der Waals surface area contributed by atoms with Crippen LogP contribution in [-0.2, 0) is 0 Å². The number of rotatable bonds is 2. The molecule has 1 unspecified atom stereocenters. The minimum atomic E-state index is -0.480. The van der Waals surface area contributed by atoms with Gasteiger partial charge in [-0.1, -0.05) is 12.1 Å². The van der Waals surface area contributed by atoms with Crippen molar-refractivity contribution in [1.29, 1.82) is 0 Å². The van der Waals surface area contributed by atoms with Crippen molar-refractivity contribution < 1.29 is 4.79 Å². The zero-order valence-electron chi connectivity index (χ0n) is 8.40. The third-order valence-electron chi connectivity index (χ3n) is 2.11. The summed E-state index contributed by atoms with van der Waals surface area (Å²) >= 11 is 0. The molecule has 0 aliphatic heterocycles. The lowest BCUT2D eigenvalue weighted by atomic mass is 10.1. The predicted octanol–water partition coefficient (Wildman–Crippen LogP) is 1.22. The average molecular weight is 193 g/mol. The quantitative estimate of drug-likeness (QED) is 0.741. The fraction of sp³-hybridized carbons (Fsp3) is 0.300. The van der Waals surface area contributed by atoms with Gasteiger partial charge in [0.15, 0.2) is 0 Å². The van der Waals surface area contributed by atoms with Gasteiger partial charge >= 0.3 is 6.03 Å². The molecule has 0 spiro atoms. The van der Waals surface area contributed by atoms with Gasteiger partial charge in [-0.15, -0.1) is 0 Å². The first-order valence-corrected chi connectivity index (χ1v) is 4.41. The van der Waals surface area contributed by atoms with E-state index in [4.69, 9.17) is 11.5 Å². The fourth-order valence-electron chi connectivity index (χ4n) is 1.14. The summed E-state index contributed by atoms with van der Waals surface area (Å²) in [5, 5.41) is 0. The van der Waals surface area contributed by atoms with Crippen molar-refractivity contribution in [3.63, 3.8) is 0 Å². The molecule has 4 nitrogen and oxygen atoms in total. The Morgan fingerprint density at radius 1 is 1.50 bits per heavy atom. The molecule has 0 aliphatic rings. The number of amides is 2. The van der Waals surface area contributed by atoms with E-state index >= 15 is 0 Å². The van der Waals surface area contributed by atoms with Crippen molar-refractivity contribution in [3.8, 4) is 0 Å². The van der Waals surface area contributed by atoms with Crippen LogP contribution in [0.2, 0.25) is 0 Å². The normalized spacial score (nSPS) is 12.2. The number of hydrogen-bond acceptors (Lipinski definition) is 2. The van der Waals surface area contributed by atoms with Gasteiger partial charge in [0.05, 0.1) is 0 Å². The summed E-state index contributed by atoms with van der Waals surface area (Å²) in [7, 11) is 1.63. The number of hydrogen-bond donors (Lipinski definition) is 2. The maximum Gasteiger partial charge on any atom is 0.318 e. The maximum absolute atomic E-state index is 10.9. The van der Waals surface area contributed by atoms with Crippen LogP contribution in [0.5, 0.6) is 0 Å². The van der Waals surface area contributed by atoms with Gasteiger partial charge < -0.3 is 11.5 Å². The molecule has 0 fully saturated rings. The molecule has 1 rings (SSSR count). The van der Waals surface area contributed by atoms with Gasteiger partial charge in [0.25, 0.3) is 0 Å². The van der Waals surface area contributed by atoms with Crippen LogP contribution in [0, 0.1) is 0 Å². The van der Waals surface area contributed by atoms with Crippen molar-refractivity contribution in [2.45, 2.75) is 13.0 Å². The average Bonchev–Trinajstić information content (AvgIpc) is 2.16. The van der Waals surface area contributed by atoms with E-state index in [2.05, 4.69) is 0 Å². The number of primary amides is 1. The highest BCUT2D eigenvalue weighted by molar-refractivity contribution is 5.90. The molecule has 0 aromatic heterocycles. The molecule has 0 bridgehead atoms. The van der Waals surface area contributed by atoms with Crippen LogP contribution in [0.15, 0.2) is 24.3 Å². The largest absolute Gasteiger partial charge is 0.351 e. The number of nitrogens with zero attached hydrogens (tertiary/aromatic N) is 1. The lowest BCUT2D eigenvalue weighted by molar-refractivity contribution is 0.255. The fourth-order valence-corrected chi connectivity index (χ4v) is 1.14. The molecule has 2 amide bonds. The Kier molecular flexibility index (Phi) is 3.09. The van der Waals surface area contributed by atoms with Crippen molar-refractivity contribution in [1.82, 2.24) is 0 Å². The van der Waals surface area contributed by atoms with Crippen molar-refractivity contribution in [2.24, 2.45) is 11.5 Å². The third-order valence-corrected chi connectivity index (χ3v) is 2.11. The molecule has 4 N–H and O–H groups in total. The van der Waals surface area contributed by atoms with E-state index in [-0.39, 0.29) is 6.04 Å². The van der Waals surface area contributed by atoms with E-state index in [1.54, 1.807) is 7.05 Å². The van der Waals surface area contributed by atoms with E-state index in [9.17, 15) is 4.79 Å². The molecular formula is C10H15N3O. The maximum atomic E-state index is 10.9. The summed E-state index contributed by atoms with van der Waals surface area (Å²) in [6, 6.07) is 6.92. The molecule has 0 radical (unpaired) electrons. The SMILES string of the molecule is CC(N)c1cccc(N(C)C(N)=O)c1. The number of anilines is 1. The van der Waals surface area contributed by atoms with Crippen molar-refractivity contribution in [3.05, 3.63) is 29.8 Å². The van der Waals surface area contributed by atoms with Crippen molar-refractivity contribution in [2.75, 3.05) is 11.9 Å². The Labute approximate surface area is 83.5 Å². The molecule has 0 saturated heterocycles. The van der Waals surface area contributed by atoms with Gasteiger partial charge in [-0.3, -0.25) is 4.90 Å². The Hall–Kier alpha value is -1.55. The summed E-state index contributed by atoms with van der Waals surface area (Å²) in [6.45, 7) is 1.89.